The number of benzene rings is 1. The fraction of sp³-hybridized carbons (Fsp3) is 0.769. The maximum atomic E-state index is 9.62. The van der Waals surface area contributed by atoms with Crippen LogP contribution in [0.2, 0.25) is 0 Å². The molecule has 1 N–H and O–H groups in total. The van der Waals surface area contributed by atoms with Gasteiger partial charge >= 0.3 is 0 Å². The maximum Gasteiger partial charge on any atom is 0.201 e. The van der Waals surface area contributed by atoms with E-state index >= 15 is 0 Å². The van der Waals surface area contributed by atoms with Gasteiger partial charge in [0.2, 0.25) is 5.79 Å². The van der Waals surface area contributed by atoms with Crippen LogP contribution in [-0.2, 0) is 24.0 Å². The molecular weight excluding hydrogens is 424 g/mol. The van der Waals surface area contributed by atoms with E-state index in [4.69, 9.17) is 28.7 Å². The molecule has 0 amide bonds. The summed E-state index contributed by atoms with van der Waals surface area (Å²) in [5.74, 6) is 1.40. The number of aliphatic hydroxyl groups excluding tert-OH is 1. The predicted molar refractivity (Wildman–Crippen MR) is 120 cm³/mol. The molecule has 6 rings (SSSR count). The lowest BCUT2D eigenvalue weighted by molar-refractivity contribution is -0.577. The van der Waals surface area contributed by atoms with Crippen molar-refractivity contribution in [1.82, 2.24) is 0 Å². The summed E-state index contributed by atoms with van der Waals surface area (Å²) >= 11 is 0. The molecule has 1 aromatic rings. The van der Waals surface area contributed by atoms with Crippen LogP contribution in [0.25, 0.3) is 0 Å². The van der Waals surface area contributed by atoms with Gasteiger partial charge in [-0.3, -0.25) is 0 Å². The summed E-state index contributed by atoms with van der Waals surface area (Å²) in [7, 11) is 0. The van der Waals surface area contributed by atoms with Crippen LogP contribution < -0.4 is 4.74 Å². The summed E-state index contributed by atoms with van der Waals surface area (Å²) in [4.78, 5) is 12.0. The van der Waals surface area contributed by atoms with Crippen molar-refractivity contribution < 1.29 is 33.8 Å². The Labute approximate surface area is 196 Å². The SMILES string of the molecule is CC(O)c1ccc(OCCCO[C@H]2O[C@@H]3O[C@@]4(C)CCC5[C@H](C)CC[C@@H]([C@H]2C)[C@]53OO4)cc1. The number of ether oxygens (including phenoxy) is 4. The van der Waals surface area contributed by atoms with Gasteiger partial charge in [-0.15, -0.1) is 0 Å². The maximum absolute atomic E-state index is 9.62. The van der Waals surface area contributed by atoms with Crippen molar-refractivity contribution in [2.24, 2.45) is 23.7 Å². The van der Waals surface area contributed by atoms with E-state index in [0.717, 1.165) is 37.0 Å². The highest BCUT2D eigenvalue weighted by atomic mass is 17.3. The highest BCUT2D eigenvalue weighted by Gasteiger charge is 2.69. The van der Waals surface area contributed by atoms with Gasteiger partial charge in [0.05, 0.1) is 19.3 Å². The van der Waals surface area contributed by atoms with Gasteiger partial charge in [0.1, 0.15) is 5.75 Å². The van der Waals surface area contributed by atoms with Gasteiger partial charge in [0.25, 0.3) is 0 Å². The van der Waals surface area contributed by atoms with Gasteiger partial charge in [-0.1, -0.05) is 26.0 Å². The van der Waals surface area contributed by atoms with E-state index in [1.807, 2.05) is 31.2 Å². The lowest BCUT2D eigenvalue weighted by Crippen LogP contribution is -2.70. The molecule has 4 heterocycles. The minimum absolute atomic E-state index is 0.180. The predicted octanol–water partition coefficient (Wildman–Crippen LogP) is 4.73. The van der Waals surface area contributed by atoms with Crippen molar-refractivity contribution in [2.45, 2.75) is 89.9 Å². The van der Waals surface area contributed by atoms with E-state index in [1.165, 1.54) is 6.42 Å². The first-order chi connectivity index (χ1) is 15.8. The number of aliphatic hydroxyl groups is 1. The third kappa shape index (κ3) is 4.21. The summed E-state index contributed by atoms with van der Waals surface area (Å²) in [6.45, 7) is 9.32. The second-order valence-corrected chi connectivity index (χ2v) is 10.6. The second kappa shape index (κ2) is 9.10. The lowest BCUT2D eigenvalue weighted by Gasteiger charge is -2.60. The molecular formula is C26H38O7. The van der Waals surface area contributed by atoms with E-state index in [2.05, 4.69) is 13.8 Å². The van der Waals surface area contributed by atoms with Crippen LogP contribution in [-0.4, -0.2) is 42.3 Å². The smallest absolute Gasteiger partial charge is 0.201 e. The average Bonchev–Trinajstić information content (AvgIpc) is 3.03. The summed E-state index contributed by atoms with van der Waals surface area (Å²) in [5.41, 5.74) is 0.331. The molecule has 33 heavy (non-hydrogen) atoms. The standard InChI is InChI=1S/C26H38O7/c1-16-6-11-22-17(2)23(29-15-5-14-28-20-9-7-19(8-10-20)18(3)27)30-24-26(22)21(16)12-13-25(4,31-24)32-33-26/h7-10,16-18,21-24,27H,5-6,11-15H2,1-4H3/t16-,17-,18?,21?,22+,23+,24-,25-,26-/m1/s1. The number of hydrogen-bond donors (Lipinski definition) is 1. The van der Waals surface area contributed by atoms with Crippen molar-refractivity contribution in [3.63, 3.8) is 0 Å². The van der Waals surface area contributed by atoms with Crippen molar-refractivity contribution >= 4 is 0 Å². The Morgan fingerprint density at radius 2 is 1.85 bits per heavy atom. The molecule has 1 aromatic carbocycles. The third-order valence-electron chi connectivity index (χ3n) is 8.30. The molecule has 5 aliphatic rings. The molecule has 4 saturated heterocycles. The average molecular weight is 463 g/mol. The van der Waals surface area contributed by atoms with Gasteiger partial charge in [0, 0.05) is 24.7 Å². The van der Waals surface area contributed by atoms with Crippen LogP contribution in [0, 0.1) is 23.7 Å². The minimum atomic E-state index is -0.764. The largest absolute Gasteiger partial charge is 0.494 e. The summed E-state index contributed by atoms with van der Waals surface area (Å²) in [5, 5.41) is 9.62. The Hall–Kier alpha value is -1.22. The van der Waals surface area contributed by atoms with E-state index in [-0.39, 0.29) is 18.1 Å². The van der Waals surface area contributed by atoms with E-state index in [0.29, 0.717) is 25.0 Å². The van der Waals surface area contributed by atoms with Crippen molar-refractivity contribution in [3.8, 4) is 5.75 Å². The highest BCUT2D eigenvalue weighted by molar-refractivity contribution is 5.28. The first kappa shape index (κ1) is 23.5. The monoisotopic (exact) mass is 462 g/mol. The normalized spacial score (nSPS) is 42.9. The molecule has 1 spiro atoms. The van der Waals surface area contributed by atoms with E-state index in [9.17, 15) is 5.11 Å². The van der Waals surface area contributed by atoms with Crippen molar-refractivity contribution in [3.05, 3.63) is 29.8 Å². The Morgan fingerprint density at radius 1 is 1.06 bits per heavy atom. The van der Waals surface area contributed by atoms with Crippen LogP contribution in [0.4, 0.5) is 0 Å². The highest BCUT2D eigenvalue weighted by Crippen LogP contribution is 2.60. The Morgan fingerprint density at radius 3 is 2.61 bits per heavy atom. The van der Waals surface area contributed by atoms with Gasteiger partial charge < -0.3 is 24.1 Å². The van der Waals surface area contributed by atoms with Crippen LogP contribution >= 0.6 is 0 Å². The molecule has 5 fully saturated rings. The van der Waals surface area contributed by atoms with Gasteiger partial charge in [0.15, 0.2) is 18.2 Å². The first-order valence-electron chi connectivity index (χ1n) is 12.5. The van der Waals surface area contributed by atoms with Crippen LogP contribution in [0.15, 0.2) is 24.3 Å². The Bertz CT molecular complexity index is 813. The molecule has 9 atom stereocenters. The zero-order chi connectivity index (χ0) is 23.2. The molecule has 4 aliphatic heterocycles. The van der Waals surface area contributed by atoms with Gasteiger partial charge in [-0.05, 0) is 62.6 Å². The molecule has 1 aliphatic carbocycles. The number of fused-ring (bicyclic) bond motifs is 2. The summed E-state index contributed by atoms with van der Waals surface area (Å²) in [6.07, 6.45) is 3.56. The summed E-state index contributed by atoms with van der Waals surface area (Å²) < 4.78 is 24.9. The van der Waals surface area contributed by atoms with Gasteiger partial charge in [-0.2, -0.15) is 0 Å². The van der Waals surface area contributed by atoms with Gasteiger partial charge in [-0.25, -0.2) is 9.78 Å². The molecule has 1 saturated carbocycles. The zero-order valence-corrected chi connectivity index (χ0v) is 20.2. The molecule has 2 bridgehead atoms. The Balaban J connectivity index is 1.18. The molecule has 2 unspecified atom stereocenters. The molecule has 7 nitrogen and oxygen atoms in total. The molecule has 184 valence electrons. The van der Waals surface area contributed by atoms with Crippen molar-refractivity contribution in [1.29, 1.82) is 0 Å². The van der Waals surface area contributed by atoms with Crippen LogP contribution in [0.1, 0.15) is 71.5 Å². The topological polar surface area (TPSA) is 75.6 Å². The third-order valence-corrected chi connectivity index (χ3v) is 8.30. The molecule has 0 radical (unpaired) electrons. The zero-order valence-electron chi connectivity index (χ0n) is 20.2. The fourth-order valence-electron chi connectivity index (χ4n) is 6.35. The lowest BCUT2D eigenvalue weighted by atomic mass is 9.58. The van der Waals surface area contributed by atoms with Crippen molar-refractivity contribution in [2.75, 3.05) is 13.2 Å². The fourth-order valence-corrected chi connectivity index (χ4v) is 6.35. The van der Waals surface area contributed by atoms with E-state index < -0.39 is 23.8 Å². The molecule has 0 aromatic heterocycles. The number of rotatable bonds is 7. The summed E-state index contributed by atoms with van der Waals surface area (Å²) in [6, 6.07) is 7.54. The van der Waals surface area contributed by atoms with Crippen LogP contribution in [0.5, 0.6) is 5.75 Å². The number of hydrogen-bond acceptors (Lipinski definition) is 7. The van der Waals surface area contributed by atoms with E-state index in [1.54, 1.807) is 6.92 Å². The second-order valence-electron chi connectivity index (χ2n) is 10.6. The molecule has 7 heteroatoms. The Kier molecular flexibility index (Phi) is 6.48. The van der Waals surface area contributed by atoms with Crippen LogP contribution in [0.3, 0.4) is 0 Å². The first-order valence-corrected chi connectivity index (χ1v) is 12.5. The quantitative estimate of drug-likeness (QED) is 0.464. The minimum Gasteiger partial charge on any atom is -0.494 e.